The smallest absolute Gasteiger partial charge is 0.252 e. The van der Waals surface area contributed by atoms with Crippen LogP contribution in [0.2, 0.25) is 0 Å². The number of benzene rings is 1. The average molecular weight is 345 g/mol. The molecular weight excluding hydrogens is 328 g/mol. The minimum atomic E-state index is -0.349. The van der Waals surface area contributed by atoms with Crippen molar-refractivity contribution in [2.24, 2.45) is 0 Å². The average Bonchev–Trinajstić information content (AvgIpc) is 2.45. The van der Waals surface area contributed by atoms with E-state index in [1.165, 1.54) is 7.11 Å². The van der Waals surface area contributed by atoms with Crippen molar-refractivity contribution in [2.75, 3.05) is 33.9 Å². The minimum absolute atomic E-state index is 0.0911. The molecule has 2 N–H and O–H groups in total. The molecule has 1 aromatic carbocycles. The van der Waals surface area contributed by atoms with Crippen molar-refractivity contribution in [2.45, 2.75) is 0 Å². The molecule has 0 heterocycles. The van der Waals surface area contributed by atoms with E-state index in [0.29, 0.717) is 28.9 Å². The zero-order valence-corrected chi connectivity index (χ0v) is 13.0. The van der Waals surface area contributed by atoms with E-state index < -0.39 is 0 Å². The van der Waals surface area contributed by atoms with Gasteiger partial charge in [0.05, 0.1) is 25.8 Å². The molecule has 1 aromatic rings. The number of rotatable bonds is 7. The van der Waals surface area contributed by atoms with Gasteiger partial charge in [-0.25, -0.2) is 0 Å². The predicted octanol–water partition coefficient (Wildman–Crippen LogP) is 0.950. The number of ether oxygens (including phenoxy) is 2. The van der Waals surface area contributed by atoms with Crippen molar-refractivity contribution < 1.29 is 19.1 Å². The van der Waals surface area contributed by atoms with Crippen LogP contribution in [0.15, 0.2) is 22.7 Å². The summed E-state index contributed by atoms with van der Waals surface area (Å²) in [4.78, 5) is 23.4. The lowest BCUT2D eigenvalue weighted by molar-refractivity contribution is -0.120. The van der Waals surface area contributed by atoms with E-state index in [0.717, 1.165) is 0 Å². The van der Waals surface area contributed by atoms with Gasteiger partial charge in [-0.05, 0) is 34.1 Å². The SMILES string of the molecule is COCCNC(=O)CNC(=O)c1cc(OC)ccc1Br. The van der Waals surface area contributed by atoms with Gasteiger partial charge in [0.15, 0.2) is 0 Å². The topological polar surface area (TPSA) is 76.7 Å². The Bertz CT molecular complexity index is 479. The van der Waals surface area contributed by atoms with Crippen molar-refractivity contribution in [1.29, 1.82) is 0 Å². The van der Waals surface area contributed by atoms with Gasteiger partial charge in [-0.1, -0.05) is 0 Å². The number of methoxy groups -OCH3 is 2. The summed E-state index contributed by atoms with van der Waals surface area (Å²) in [5, 5.41) is 5.15. The Kier molecular flexibility index (Phi) is 7.03. The highest BCUT2D eigenvalue weighted by Gasteiger charge is 2.12. The summed E-state index contributed by atoms with van der Waals surface area (Å²) in [5.74, 6) is -0.0463. The number of amides is 2. The minimum Gasteiger partial charge on any atom is -0.497 e. The van der Waals surface area contributed by atoms with Crippen LogP contribution in [0.25, 0.3) is 0 Å². The molecule has 2 amide bonds. The molecule has 0 aliphatic carbocycles. The Morgan fingerprint density at radius 2 is 2.00 bits per heavy atom. The first kappa shape index (κ1) is 16.5. The van der Waals surface area contributed by atoms with Crippen molar-refractivity contribution in [3.8, 4) is 5.75 Å². The van der Waals surface area contributed by atoms with E-state index in [-0.39, 0.29) is 18.4 Å². The molecule has 0 aliphatic rings. The van der Waals surface area contributed by atoms with Crippen LogP contribution in [0.5, 0.6) is 5.75 Å². The van der Waals surface area contributed by atoms with Crippen LogP contribution >= 0.6 is 15.9 Å². The van der Waals surface area contributed by atoms with E-state index in [2.05, 4.69) is 26.6 Å². The van der Waals surface area contributed by atoms with Gasteiger partial charge in [0.25, 0.3) is 5.91 Å². The molecule has 0 saturated carbocycles. The fraction of sp³-hybridized carbons (Fsp3) is 0.385. The third-order valence-corrected chi connectivity index (χ3v) is 3.15. The maximum atomic E-state index is 12.0. The normalized spacial score (nSPS) is 9.95. The van der Waals surface area contributed by atoms with Gasteiger partial charge in [-0.3, -0.25) is 9.59 Å². The van der Waals surface area contributed by atoms with Gasteiger partial charge >= 0.3 is 0 Å². The second-order valence-corrected chi connectivity index (χ2v) is 4.73. The van der Waals surface area contributed by atoms with E-state index in [1.807, 2.05) is 0 Å². The zero-order chi connectivity index (χ0) is 15.0. The first-order valence-corrected chi connectivity index (χ1v) is 6.75. The maximum absolute atomic E-state index is 12.0. The molecule has 7 heteroatoms. The molecule has 0 aliphatic heterocycles. The molecule has 20 heavy (non-hydrogen) atoms. The molecule has 110 valence electrons. The number of hydrogen-bond donors (Lipinski definition) is 2. The third-order valence-electron chi connectivity index (χ3n) is 2.46. The fourth-order valence-corrected chi connectivity index (χ4v) is 1.84. The van der Waals surface area contributed by atoms with E-state index in [1.54, 1.807) is 25.3 Å². The van der Waals surface area contributed by atoms with Crippen LogP contribution in [0.4, 0.5) is 0 Å². The Morgan fingerprint density at radius 3 is 2.65 bits per heavy atom. The number of halogens is 1. The van der Waals surface area contributed by atoms with Gasteiger partial charge in [0, 0.05) is 18.1 Å². The molecule has 0 spiro atoms. The largest absolute Gasteiger partial charge is 0.497 e. The quantitative estimate of drug-likeness (QED) is 0.722. The number of hydrogen-bond acceptors (Lipinski definition) is 4. The van der Waals surface area contributed by atoms with Gasteiger partial charge in [-0.2, -0.15) is 0 Å². The molecule has 6 nitrogen and oxygen atoms in total. The summed E-state index contributed by atoms with van der Waals surface area (Å²) < 4.78 is 10.5. The van der Waals surface area contributed by atoms with Crippen LogP contribution in [-0.2, 0) is 9.53 Å². The predicted molar refractivity (Wildman–Crippen MR) is 77.9 cm³/mol. The summed E-state index contributed by atoms with van der Waals surface area (Å²) in [6, 6.07) is 5.05. The third kappa shape index (κ3) is 5.18. The second kappa shape index (κ2) is 8.55. The zero-order valence-electron chi connectivity index (χ0n) is 11.4. The lowest BCUT2D eigenvalue weighted by atomic mass is 10.2. The molecule has 0 fully saturated rings. The van der Waals surface area contributed by atoms with E-state index in [9.17, 15) is 9.59 Å². The lowest BCUT2D eigenvalue weighted by Crippen LogP contribution is -2.38. The first-order valence-electron chi connectivity index (χ1n) is 5.96. The number of carbonyl (C=O) groups excluding carboxylic acids is 2. The molecule has 0 aromatic heterocycles. The van der Waals surface area contributed by atoms with Crippen LogP contribution in [-0.4, -0.2) is 45.7 Å². The monoisotopic (exact) mass is 344 g/mol. The second-order valence-electron chi connectivity index (χ2n) is 3.87. The maximum Gasteiger partial charge on any atom is 0.252 e. The highest BCUT2D eigenvalue weighted by molar-refractivity contribution is 9.10. The Labute approximate surface area is 126 Å². The summed E-state index contributed by atoms with van der Waals surface area (Å²) in [5.41, 5.74) is 0.411. The van der Waals surface area contributed by atoms with Gasteiger partial charge < -0.3 is 20.1 Å². The lowest BCUT2D eigenvalue weighted by Gasteiger charge is -2.09. The highest BCUT2D eigenvalue weighted by Crippen LogP contribution is 2.22. The van der Waals surface area contributed by atoms with Crippen molar-refractivity contribution in [3.05, 3.63) is 28.2 Å². The van der Waals surface area contributed by atoms with Crippen molar-refractivity contribution >= 4 is 27.7 Å². The van der Waals surface area contributed by atoms with Crippen LogP contribution in [0, 0.1) is 0 Å². The Hall–Kier alpha value is -1.60. The van der Waals surface area contributed by atoms with E-state index in [4.69, 9.17) is 9.47 Å². The molecule has 0 unspecified atom stereocenters. The highest BCUT2D eigenvalue weighted by atomic mass is 79.9. The number of nitrogens with one attached hydrogen (secondary N) is 2. The fourth-order valence-electron chi connectivity index (χ4n) is 1.42. The Morgan fingerprint density at radius 1 is 1.25 bits per heavy atom. The Balaban J connectivity index is 2.52. The summed E-state index contributed by atoms with van der Waals surface area (Å²) >= 11 is 3.29. The molecular formula is C13H17BrN2O4. The molecule has 0 radical (unpaired) electrons. The van der Waals surface area contributed by atoms with Crippen LogP contribution in [0.1, 0.15) is 10.4 Å². The van der Waals surface area contributed by atoms with Gasteiger partial charge in [0.1, 0.15) is 5.75 Å². The van der Waals surface area contributed by atoms with Crippen LogP contribution in [0.3, 0.4) is 0 Å². The molecule has 0 atom stereocenters. The molecule has 1 rings (SSSR count). The summed E-state index contributed by atoms with van der Waals surface area (Å²) in [6.45, 7) is 0.751. The summed E-state index contributed by atoms with van der Waals surface area (Å²) in [6.07, 6.45) is 0. The van der Waals surface area contributed by atoms with Crippen molar-refractivity contribution in [3.63, 3.8) is 0 Å². The standard InChI is InChI=1S/C13H17BrN2O4/c1-19-6-5-15-12(17)8-16-13(18)10-7-9(20-2)3-4-11(10)14/h3-4,7H,5-6,8H2,1-2H3,(H,15,17)(H,16,18). The van der Waals surface area contributed by atoms with Crippen LogP contribution < -0.4 is 15.4 Å². The molecule has 0 bridgehead atoms. The van der Waals surface area contributed by atoms with E-state index >= 15 is 0 Å². The van der Waals surface area contributed by atoms with Gasteiger partial charge in [-0.15, -0.1) is 0 Å². The first-order chi connectivity index (χ1) is 9.58. The van der Waals surface area contributed by atoms with Gasteiger partial charge in [0.2, 0.25) is 5.91 Å². The summed E-state index contributed by atoms with van der Waals surface area (Å²) in [7, 11) is 3.07. The van der Waals surface area contributed by atoms with Crippen molar-refractivity contribution in [1.82, 2.24) is 10.6 Å². The number of carbonyl (C=O) groups is 2. The molecule has 0 saturated heterocycles.